The van der Waals surface area contributed by atoms with Gasteiger partial charge in [-0.05, 0) is 18.4 Å². The lowest BCUT2D eigenvalue weighted by atomic mass is 10.0. The second-order valence-electron chi connectivity index (χ2n) is 6.46. The van der Waals surface area contributed by atoms with Gasteiger partial charge in [-0.25, -0.2) is 0 Å². The Morgan fingerprint density at radius 2 is 1.88 bits per heavy atom. The highest BCUT2D eigenvalue weighted by molar-refractivity contribution is 7.18. The van der Waals surface area contributed by atoms with Crippen molar-refractivity contribution >= 4 is 22.4 Å². The Morgan fingerprint density at radius 3 is 2.50 bits per heavy atom. The van der Waals surface area contributed by atoms with E-state index < -0.39 is 0 Å². The van der Waals surface area contributed by atoms with Crippen LogP contribution in [0.25, 0.3) is 10.6 Å². The van der Waals surface area contributed by atoms with Crippen LogP contribution in [0.2, 0.25) is 0 Å². The maximum atomic E-state index is 12.1. The van der Waals surface area contributed by atoms with Gasteiger partial charge in [-0.1, -0.05) is 49.4 Å². The van der Waals surface area contributed by atoms with Crippen LogP contribution in [0.5, 0.6) is 0 Å². The summed E-state index contributed by atoms with van der Waals surface area (Å²) in [4.78, 5) is 12.1. The monoisotopic (exact) mass is 370 g/mol. The minimum absolute atomic E-state index is 0.108. The van der Waals surface area contributed by atoms with Gasteiger partial charge in [0.05, 0.1) is 0 Å². The van der Waals surface area contributed by atoms with E-state index in [1.165, 1.54) is 16.9 Å². The Balaban J connectivity index is 1.59. The van der Waals surface area contributed by atoms with Gasteiger partial charge >= 0.3 is 0 Å². The van der Waals surface area contributed by atoms with Gasteiger partial charge in [0.15, 0.2) is 0 Å². The van der Waals surface area contributed by atoms with Crippen LogP contribution in [0.15, 0.2) is 24.3 Å². The first kappa shape index (κ1) is 18.2. The Morgan fingerprint density at radius 1 is 1.15 bits per heavy atom. The third-order valence-electron chi connectivity index (χ3n) is 4.25. The molecule has 3 rings (SSSR count). The molecule has 0 fully saturated rings. The van der Waals surface area contributed by atoms with Crippen LogP contribution in [0.1, 0.15) is 43.4 Å². The summed E-state index contributed by atoms with van der Waals surface area (Å²) in [6, 6.07) is 8.28. The highest BCUT2D eigenvalue weighted by Gasteiger charge is 2.12. The second kappa shape index (κ2) is 7.74. The summed E-state index contributed by atoms with van der Waals surface area (Å²) >= 11 is 1.37. The standard InChI is InChI=1S/C18H22N6OS/c1-11(2)13-5-7-14(8-6-13)17-22-23-18(26-17)19-16(25)10-9-15-21-20-12(3)24(15)4/h5-8,11H,9-10H2,1-4H3,(H,19,23,25). The van der Waals surface area contributed by atoms with Crippen LogP contribution in [0, 0.1) is 6.92 Å². The number of benzene rings is 1. The predicted octanol–water partition coefficient (Wildman–Crippen LogP) is 3.34. The molecule has 0 atom stereocenters. The first-order valence-electron chi connectivity index (χ1n) is 8.52. The minimum atomic E-state index is -0.108. The topological polar surface area (TPSA) is 85.6 Å². The van der Waals surface area contributed by atoms with E-state index in [9.17, 15) is 4.79 Å². The number of amides is 1. The molecular weight excluding hydrogens is 348 g/mol. The Bertz CT molecular complexity index is 897. The number of carbonyl (C=O) groups excluding carboxylic acids is 1. The average Bonchev–Trinajstić information content (AvgIpc) is 3.21. The van der Waals surface area contributed by atoms with E-state index >= 15 is 0 Å². The molecule has 2 heterocycles. The number of hydrogen-bond donors (Lipinski definition) is 1. The molecule has 3 aromatic rings. The molecule has 0 saturated heterocycles. The van der Waals surface area contributed by atoms with Crippen molar-refractivity contribution in [3.63, 3.8) is 0 Å². The van der Waals surface area contributed by atoms with Crippen LogP contribution < -0.4 is 5.32 Å². The fourth-order valence-corrected chi connectivity index (χ4v) is 3.24. The molecule has 0 aliphatic heterocycles. The highest BCUT2D eigenvalue weighted by atomic mass is 32.1. The van der Waals surface area contributed by atoms with E-state index in [2.05, 4.69) is 51.7 Å². The third kappa shape index (κ3) is 4.13. The molecule has 0 aliphatic rings. The van der Waals surface area contributed by atoms with Gasteiger partial charge in [-0.3, -0.25) is 4.79 Å². The first-order chi connectivity index (χ1) is 12.4. The van der Waals surface area contributed by atoms with Gasteiger partial charge in [0.2, 0.25) is 11.0 Å². The number of anilines is 1. The zero-order valence-corrected chi connectivity index (χ0v) is 16.2. The number of rotatable bonds is 6. The number of hydrogen-bond acceptors (Lipinski definition) is 6. The molecule has 0 spiro atoms. The van der Waals surface area contributed by atoms with Crippen molar-refractivity contribution in [2.45, 2.75) is 39.5 Å². The van der Waals surface area contributed by atoms with E-state index in [4.69, 9.17) is 0 Å². The lowest BCUT2D eigenvalue weighted by molar-refractivity contribution is -0.116. The molecule has 2 aromatic heterocycles. The van der Waals surface area contributed by atoms with Crippen LogP contribution in [0.3, 0.4) is 0 Å². The summed E-state index contributed by atoms with van der Waals surface area (Å²) < 4.78 is 1.89. The van der Waals surface area contributed by atoms with Crippen molar-refractivity contribution in [1.82, 2.24) is 25.0 Å². The summed E-state index contributed by atoms with van der Waals surface area (Å²) in [5.74, 6) is 2.01. The quantitative estimate of drug-likeness (QED) is 0.719. The zero-order chi connectivity index (χ0) is 18.7. The summed E-state index contributed by atoms with van der Waals surface area (Å²) in [6.45, 7) is 6.21. The maximum absolute atomic E-state index is 12.1. The molecule has 0 saturated carbocycles. The number of nitrogens with one attached hydrogen (secondary N) is 1. The van der Waals surface area contributed by atoms with Crippen LogP contribution in [-0.2, 0) is 18.3 Å². The van der Waals surface area contributed by atoms with Crippen molar-refractivity contribution in [2.24, 2.45) is 7.05 Å². The molecule has 8 heteroatoms. The lowest BCUT2D eigenvalue weighted by Crippen LogP contribution is -2.13. The first-order valence-corrected chi connectivity index (χ1v) is 9.34. The smallest absolute Gasteiger partial charge is 0.226 e. The largest absolute Gasteiger partial charge is 0.318 e. The van der Waals surface area contributed by atoms with Crippen LogP contribution in [0.4, 0.5) is 5.13 Å². The van der Waals surface area contributed by atoms with E-state index in [-0.39, 0.29) is 5.91 Å². The highest BCUT2D eigenvalue weighted by Crippen LogP contribution is 2.27. The zero-order valence-electron chi connectivity index (χ0n) is 15.4. The normalized spacial score (nSPS) is 11.1. The van der Waals surface area contributed by atoms with Crippen LogP contribution >= 0.6 is 11.3 Å². The van der Waals surface area contributed by atoms with Crippen molar-refractivity contribution in [1.29, 1.82) is 0 Å². The van der Waals surface area contributed by atoms with Gasteiger partial charge in [-0.2, -0.15) is 0 Å². The molecule has 7 nitrogen and oxygen atoms in total. The molecule has 0 radical (unpaired) electrons. The SMILES string of the molecule is Cc1nnc(CCC(=O)Nc2nnc(-c3ccc(C(C)C)cc3)s2)n1C. The van der Waals surface area contributed by atoms with Gasteiger partial charge in [0, 0.05) is 25.5 Å². The summed E-state index contributed by atoms with van der Waals surface area (Å²) in [7, 11) is 1.89. The van der Waals surface area contributed by atoms with Crippen molar-refractivity contribution in [2.75, 3.05) is 5.32 Å². The van der Waals surface area contributed by atoms with Gasteiger partial charge in [0.1, 0.15) is 16.7 Å². The Labute approximate surface area is 156 Å². The number of aromatic nitrogens is 5. The summed E-state index contributed by atoms with van der Waals surface area (Å²) in [5, 5.41) is 20.4. The molecule has 0 aliphatic carbocycles. The Hall–Kier alpha value is -2.61. The number of carbonyl (C=O) groups is 1. The van der Waals surface area contributed by atoms with Crippen molar-refractivity contribution < 1.29 is 4.79 Å². The fraction of sp³-hybridized carbons (Fsp3) is 0.389. The average molecular weight is 370 g/mol. The summed E-state index contributed by atoms with van der Waals surface area (Å²) in [6.07, 6.45) is 0.857. The molecule has 1 aromatic carbocycles. The van der Waals surface area contributed by atoms with Crippen molar-refractivity contribution in [3.05, 3.63) is 41.5 Å². The second-order valence-corrected chi connectivity index (χ2v) is 7.44. The lowest BCUT2D eigenvalue weighted by Gasteiger charge is -2.04. The van der Waals surface area contributed by atoms with Gasteiger partial charge in [0.25, 0.3) is 0 Å². The molecule has 1 amide bonds. The molecule has 0 bridgehead atoms. The minimum Gasteiger partial charge on any atom is -0.318 e. The van der Waals surface area contributed by atoms with Crippen molar-refractivity contribution in [3.8, 4) is 10.6 Å². The van der Waals surface area contributed by atoms with Gasteiger partial charge < -0.3 is 9.88 Å². The van der Waals surface area contributed by atoms with E-state index in [1.54, 1.807) is 0 Å². The van der Waals surface area contributed by atoms with Gasteiger partial charge in [-0.15, -0.1) is 20.4 Å². The fourth-order valence-electron chi connectivity index (χ4n) is 2.48. The molecule has 0 unspecified atom stereocenters. The number of nitrogens with zero attached hydrogens (tertiary/aromatic N) is 5. The van der Waals surface area contributed by atoms with Crippen LogP contribution in [-0.4, -0.2) is 30.9 Å². The summed E-state index contributed by atoms with van der Waals surface area (Å²) in [5.41, 5.74) is 2.28. The molecule has 136 valence electrons. The number of aryl methyl sites for hydroxylation is 2. The van der Waals surface area contributed by atoms with E-state index in [0.29, 0.717) is 23.9 Å². The molecular formula is C18H22N6OS. The predicted molar refractivity (Wildman–Crippen MR) is 102 cm³/mol. The Kier molecular flexibility index (Phi) is 5.41. The van der Waals surface area contributed by atoms with E-state index in [0.717, 1.165) is 22.2 Å². The maximum Gasteiger partial charge on any atom is 0.226 e. The third-order valence-corrected chi connectivity index (χ3v) is 5.14. The van der Waals surface area contributed by atoms with E-state index in [1.807, 2.05) is 30.7 Å². The molecule has 26 heavy (non-hydrogen) atoms. The molecule has 1 N–H and O–H groups in total.